The summed E-state index contributed by atoms with van der Waals surface area (Å²) in [4.78, 5) is 8.00. The van der Waals surface area contributed by atoms with Crippen molar-refractivity contribution in [3.05, 3.63) is 54.6 Å². The fraction of sp³-hybridized carbons (Fsp3) is 0. The molecule has 1 nitrogen and oxygen atoms in total. The van der Waals surface area contributed by atoms with Crippen molar-refractivity contribution in [3.63, 3.8) is 0 Å². The summed E-state index contributed by atoms with van der Waals surface area (Å²) in [5.41, 5.74) is 0. The molecule has 0 saturated heterocycles. The van der Waals surface area contributed by atoms with Crippen LogP contribution >= 0.6 is 0 Å². The van der Waals surface area contributed by atoms with Crippen LogP contribution in [0, 0.1) is 0 Å². The van der Waals surface area contributed by atoms with Gasteiger partial charge in [0.05, 0.1) is 0 Å². The number of carbonyl (C=O) groups is 1. The van der Waals surface area contributed by atoms with Crippen LogP contribution in [0.3, 0.4) is 0 Å². The Kier molecular flexibility index (Phi) is 7.16. The van der Waals surface area contributed by atoms with Gasteiger partial charge in [-0.1, -0.05) is 36.4 Å². The van der Waals surface area contributed by atoms with Gasteiger partial charge in [-0.3, -0.25) is 0 Å². The number of rotatable bonds is 0. The van der Waals surface area contributed by atoms with E-state index in [1.54, 1.807) is 0 Å². The second-order valence-corrected chi connectivity index (χ2v) is 3.32. The first kappa shape index (κ1) is 16.2. The van der Waals surface area contributed by atoms with Gasteiger partial charge >= 0.3 is 16.5 Å². The van der Waals surface area contributed by atoms with Gasteiger partial charge < -0.3 is 28.8 Å². The standard InChI is InChI=1S/C13H9.CH2O.HI.Ni/c1-3-7-12-10(5-1)9-11-6-2-4-8-13(11)12;1-2;;/h1-9H;1H2;1H;/q-1;;;+2/p-1. The summed E-state index contributed by atoms with van der Waals surface area (Å²) < 4.78 is 0. The molecule has 0 bridgehead atoms. The van der Waals surface area contributed by atoms with Crippen LogP contribution in [0.25, 0.3) is 21.5 Å². The fourth-order valence-corrected chi connectivity index (χ4v) is 1.90. The number of hydrogen-bond acceptors (Lipinski definition) is 1. The molecule has 3 aromatic carbocycles. The molecule has 90 valence electrons. The minimum Gasteiger partial charge on any atom is -1.00 e. The van der Waals surface area contributed by atoms with Crippen LogP contribution in [0.5, 0.6) is 0 Å². The summed E-state index contributed by atoms with van der Waals surface area (Å²) in [6.07, 6.45) is 0. The molecular weight excluding hydrogens is 370 g/mol. The molecule has 3 aromatic rings. The molecule has 0 fully saturated rings. The molecule has 17 heavy (non-hydrogen) atoms. The van der Waals surface area contributed by atoms with Crippen LogP contribution in [-0.2, 0) is 21.3 Å². The molecular formula is C14H11INiO. The van der Waals surface area contributed by atoms with E-state index in [1.165, 1.54) is 21.5 Å². The molecule has 0 spiro atoms. The molecule has 0 N–H and O–H groups in total. The summed E-state index contributed by atoms with van der Waals surface area (Å²) in [7, 11) is 0. The zero-order valence-corrected chi connectivity index (χ0v) is 12.2. The Bertz CT molecular complexity index is 538. The van der Waals surface area contributed by atoms with Crippen LogP contribution in [0.15, 0.2) is 54.6 Å². The quantitative estimate of drug-likeness (QED) is 0.316. The average molecular weight is 381 g/mol. The molecule has 3 heteroatoms. The molecule has 0 amide bonds. The molecule has 3 rings (SSSR count). The first-order chi connectivity index (χ1) is 7.45. The molecule has 0 saturated carbocycles. The first-order valence-corrected chi connectivity index (χ1v) is 4.77. The van der Waals surface area contributed by atoms with Gasteiger partial charge in [-0.25, -0.2) is 0 Å². The maximum absolute atomic E-state index is 8.00. The van der Waals surface area contributed by atoms with Crippen molar-refractivity contribution in [2.45, 2.75) is 0 Å². The maximum atomic E-state index is 8.00. The van der Waals surface area contributed by atoms with Crippen LogP contribution in [0.1, 0.15) is 0 Å². The van der Waals surface area contributed by atoms with Gasteiger partial charge in [-0.15, -0.1) is 39.7 Å². The smallest absolute Gasteiger partial charge is 1.00 e. The third kappa shape index (κ3) is 3.11. The Morgan fingerprint density at radius 3 is 1.53 bits per heavy atom. The van der Waals surface area contributed by atoms with Crippen molar-refractivity contribution in [1.29, 1.82) is 0 Å². The molecule has 0 radical (unpaired) electrons. The van der Waals surface area contributed by atoms with E-state index in [2.05, 4.69) is 54.6 Å². The third-order valence-electron chi connectivity index (χ3n) is 2.52. The maximum Gasteiger partial charge on any atom is 2.00 e. The van der Waals surface area contributed by atoms with E-state index in [-0.39, 0.29) is 40.5 Å². The zero-order chi connectivity index (χ0) is 10.7. The fourth-order valence-electron chi connectivity index (χ4n) is 1.90. The Hall–Kier alpha value is -0.796. The Morgan fingerprint density at radius 2 is 1.12 bits per heavy atom. The number of carbonyl (C=O) groups excluding carboxylic acids is 1. The molecule has 0 aliphatic rings. The number of halogens is 1. The van der Waals surface area contributed by atoms with Gasteiger partial charge in [-0.05, 0) is 0 Å². The van der Waals surface area contributed by atoms with Crippen molar-refractivity contribution in [3.8, 4) is 0 Å². The van der Waals surface area contributed by atoms with Crippen molar-refractivity contribution >= 4 is 28.3 Å². The topological polar surface area (TPSA) is 17.1 Å². The summed E-state index contributed by atoms with van der Waals surface area (Å²) in [5, 5.41) is 5.39. The van der Waals surface area contributed by atoms with Crippen LogP contribution in [-0.4, -0.2) is 6.79 Å². The number of benzene rings is 2. The predicted molar refractivity (Wildman–Crippen MR) is 64.2 cm³/mol. The van der Waals surface area contributed by atoms with Crippen molar-refractivity contribution < 1.29 is 45.3 Å². The van der Waals surface area contributed by atoms with E-state index in [9.17, 15) is 0 Å². The summed E-state index contributed by atoms with van der Waals surface area (Å²) >= 11 is 0. The van der Waals surface area contributed by atoms with Crippen LogP contribution < -0.4 is 24.0 Å². The largest absolute Gasteiger partial charge is 2.00 e. The first-order valence-electron chi connectivity index (χ1n) is 4.77. The van der Waals surface area contributed by atoms with E-state index < -0.39 is 0 Å². The second kappa shape index (κ2) is 7.51. The van der Waals surface area contributed by atoms with E-state index >= 15 is 0 Å². The molecule has 0 aromatic heterocycles. The SMILES string of the molecule is C=O.[I-].[Ni+2].c1ccc2c(c1)[cH-]c1ccccc12. The minimum absolute atomic E-state index is 0. The van der Waals surface area contributed by atoms with Gasteiger partial charge in [0.1, 0.15) is 6.79 Å². The van der Waals surface area contributed by atoms with Crippen LogP contribution in [0.4, 0.5) is 0 Å². The normalized spacial score (nSPS) is 8.71. The predicted octanol–water partition coefficient (Wildman–Crippen LogP) is 0.529. The summed E-state index contributed by atoms with van der Waals surface area (Å²) in [6.45, 7) is 2.00. The third-order valence-corrected chi connectivity index (χ3v) is 2.52. The van der Waals surface area contributed by atoms with Crippen molar-refractivity contribution in [1.82, 2.24) is 0 Å². The van der Waals surface area contributed by atoms with Gasteiger partial charge in [-0.2, -0.15) is 0 Å². The summed E-state index contributed by atoms with van der Waals surface area (Å²) in [6, 6.07) is 19.3. The second-order valence-electron chi connectivity index (χ2n) is 3.32. The van der Waals surface area contributed by atoms with Gasteiger partial charge in [0.15, 0.2) is 0 Å². The molecule has 0 heterocycles. The van der Waals surface area contributed by atoms with E-state index in [0.717, 1.165) is 0 Å². The van der Waals surface area contributed by atoms with E-state index in [0.29, 0.717) is 0 Å². The number of hydrogen-bond donors (Lipinski definition) is 0. The Balaban J connectivity index is 0.000000611. The molecule has 0 aliphatic carbocycles. The van der Waals surface area contributed by atoms with E-state index in [4.69, 9.17) is 4.79 Å². The average Bonchev–Trinajstić information content (AvgIpc) is 2.70. The van der Waals surface area contributed by atoms with Gasteiger partial charge in [0.2, 0.25) is 0 Å². The van der Waals surface area contributed by atoms with Crippen LogP contribution in [0.2, 0.25) is 0 Å². The van der Waals surface area contributed by atoms with Crippen molar-refractivity contribution in [2.24, 2.45) is 0 Å². The molecule has 0 aliphatic heterocycles. The van der Waals surface area contributed by atoms with Gasteiger partial charge in [0.25, 0.3) is 0 Å². The summed E-state index contributed by atoms with van der Waals surface area (Å²) in [5.74, 6) is 0. The van der Waals surface area contributed by atoms with Gasteiger partial charge in [0, 0.05) is 0 Å². The Labute approximate surface area is 128 Å². The number of fused-ring (bicyclic) bond motifs is 3. The minimum atomic E-state index is 0. The van der Waals surface area contributed by atoms with E-state index in [1.807, 2.05) is 6.79 Å². The van der Waals surface area contributed by atoms with Crippen molar-refractivity contribution in [2.75, 3.05) is 0 Å². The monoisotopic (exact) mass is 380 g/mol. The zero-order valence-electron chi connectivity index (χ0n) is 9.01. The molecule has 0 unspecified atom stereocenters. The molecule has 0 atom stereocenters. The Morgan fingerprint density at radius 1 is 0.765 bits per heavy atom.